The Morgan fingerprint density at radius 2 is 1.77 bits per heavy atom. The van der Waals surface area contributed by atoms with E-state index in [2.05, 4.69) is 9.80 Å². The second-order valence-corrected chi connectivity index (χ2v) is 8.02. The van der Waals surface area contributed by atoms with Gasteiger partial charge in [-0.15, -0.1) is 0 Å². The maximum absolute atomic E-state index is 12.8. The molecule has 1 amide bonds. The van der Waals surface area contributed by atoms with E-state index in [4.69, 9.17) is 9.47 Å². The van der Waals surface area contributed by atoms with Crippen molar-refractivity contribution in [3.8, 4) is 11.5 Å². The summed E-state index contributed by atoms with van der Waals surface area (Å²) in [5.74, 6) is 3.81. The number of amides is 1. The lowest BCUT2D eigenvalue weighted by Crippen LogP contribution is -2.49. The van der Waals surface area contributed by atoms with E-state index in [0.717, 1.165) is 36.8 Å². The van der Waals surface area contributed by atoms with Crippen LogP contribution in [-0.2, 0) is 4.79 Å². The van der Waals surface area contributed by atoms with Gasteiger partial charge in [0, 0.05) is 18.8 Å². The SMILES string of the molecule is CCOc1ccc(OCC(=O)N2CCCSCC2CN2CCCC2)cc1. The van der Waals surface area contributed by atoms with E-state index in [0.29, 0.717) is 18.4 Å². The third-order valence-corrected chi connectivity index (χ3v) is 6.12. The first kappa shape index (κ1) is 19.4. The molecule has 2 aliphatic rings. The zero-order chi connectivity index (χ0) is 18.2. The number of hydrogen-bond acceptors (Lipinski definition) is 5. The van der Waals surface area contributed by atoms with Gasteiger partial charge >= 0.3 is 0 Å². The summed E-state index contributed by atoms with van der Waals surface area (Å²) in [5.41, 5.74) is 0. The Labute approximate surface area is 161 Å². The minimum Gasteiger partial charge on any atom is -0.494 e. The average molecular weight is 379 g/mol. The van der Waals surface area contributed by atoms with Crippen molar-refractivity contribution in [2.24, 2.45) is 0 Å². The van der Waals surface area contributed by atoms with Crippen LogP contribution in [-0.4, -0.2) is 72.6 Å². The summed E-state index contributed by atoms with van der Waals surface area (Å²) in [4.78, 5) is 17.4. The lowest BCUT2D eigenvalue weighted by atomic mass is 10.2. The molecule has 0 spiro atoms. The fourth-order valence-corrected chi connectivity index (χ4v) is 4.66. The lowest BCUT2D eigenvalue weighted by molar-refractivity contribution is -0.135. The van der Waals surface area contributed by atoms with E-state index in [1.165, 1.54) is 25.9 Å². The van der Waals surface area contributed by atoms with Crippen LogP contribution in [0.2, 0.25) is 0 Å². The van der Waals surface area contributed by atoms with Gasteiger partial charge in [0.1, 0.15) is 11.5 Å². The van der Waals surface area contributed by atoms with Crippen LogP contribution in [0.1, 0.15) is 26.2 Å². The number of likely N-dealkylation sites (tertiary alicyclic amines) is 1. The number of nitrogens with zero attached hydrogens (tertiary/aromatic N) is 2. The van der Waals surface area contributed by atoms with E-state index in [1.807, 2.05) is 43.0 Å². The third-order valence-electron chi connectivity index (χ3n) is 4.92. The average Bonchev–Trinajstić information content (AvgIpc) is 3.05. The molecule has 2 saturated heterocycles. The number of thioether (sulfide) groups is 1. The Hall–Kier alpha value is -1.40. The molecule has 0 bridgehead atoms. The minimum absolute atomic E-state index is 0.102. The predicted octanol–water partition coefficient (Wildman–Crippen LogP) is 2.89. The van der Waals surface area contributed by atoms with Crippen LogP contribution in [0, 0.1) is 0 Å². The summed E-state index contributed by atoms with van der Waals surface area (Å²) < 4.78 is 11.2. The summed E-state index contributed by atoms with van der Waals surface area (Å²) in [6, 6.07) is 7.78. The number of ether oxygens (including phenoxy) is 2. The lowest BCUT2D eigenvalue weighted by Gasteiger charge is -2.32. The van der Waals surface area contributed by atoms with Gasteiger partial charge in [-0.25, -0.2) is 0 Å². The fourth-order valence-electron chi connectivity index (χ4n) is 3.60. The van der Waals surface area contributed by atoms with Gasteiger partial charge in [0.25, 0.3) is 5.91 Å². The van der Waals surface area contributed by atoms with Crippen molar-refractivity contribution in [3.63, 3.8) is 0 Å². The summed E-state index contributed by atoms with van der Waals surface area (Å²) in [6.07, 6.45) is 3.64. The molecule has 0 N–H and O–H groups in total. The number of carbonyl (C=O) groups is 1. The van der Waals surface area contributed by atoms with Crippen LogP contribution in [0.4, 0.5) is 0 Å². The van der Waals surface area contributed by atoms with Crippen LogP contribution in [0.25, 0.3) is 0 Å². The van der Waals surface area contributed by atoms with Crippen LogP contribution in [0.3, 0.4) is 0 Å². The molecule has 1 aromatic carbocycles. The largest absolute Gasteiger partial charge is 0.494 e. The zero-order valence-electron chi connectivity index (χ0n) is 15.7. The Morgan fingerprint density at radius 1 is 1.08 bits per heavy atom. The first-order valence-electron chi connectivity index (χ1n) is 9.71. The van der Waals surface area contributed by atoms with Gasteiger partial charge < -0.3 is 19.3 Å². The normalized spacial score (nSPS) is 21.4. The molecule has 2 fully saturated rings. The highest BCUT2D eigenvalue weighted by atomic mass is 32.2. The van der Waals surface area contributed by atoms with Crippen molar-refractivity contribution in [2.45, 2.75) is 32.2 Å². The van der Waals surface area contributed by atoms with Crippen molar-refractivity contribution in [3.05, 3.63) is 24.3 Å². The Bertz CT molecular complexity index is 561. The van der Waals surface area contributed by atoms with Crippen LogP contribution >= 0.6 is 11.8 Å². The molecular weight excluding hydrogens is 348 g/mol. The molecule has 1 aromatic rings. The van der Waals surface area contributed by atoms with Gasteiger partial charge in [0.2, 0.25) is 0 Å². The van der Waals surface area contributed by atoms with Crippen molar-refractivity contribution >= 4 is 17.7 Å². The first-order valence-corrected chi connectivity index (χ1v) is 10.9. The van der Waals surface area contributed by atoms with E-state index >= 15 is 0 Å². The number of rotatable bonds is 7. The summed E-state index contributed by atoms with van der Waals surface area (Å²) in [7, 11) is 0. The third kappa shape index (κ3) is 5.55. The molecule has 0 radical (unpaired) electrons. The van der Waals surface area contributed by atoms with Gasteiger partial charge in [-0.2, -0.15) is 11.8 Å². The Morgan fingerprint density at radius 3 is 2.46 bits per heavy atom. The predicted molar refractivity (Wildman–Crippen MR) is 106 cm³/mol. The number of hydrogen-bond donors (Lipinski definition) is 0. The molecule has 0 saturated carbocycles. The van der Waals surface area contributed by atoms with E-state index in [9.17, 15) is 4.79 Å². The van der Waals surface area contributed by atoms with Crippen molar-refractivity contribution in [1.82, 2.24) is 9.80 Å². The van der Waals surface area contributed by atoms with E-state index in [-0.39, 0.29) is 12.5 Å². The molecule has 144 valence electrons. The highest BCUT2D eigenvalue weighted by Crippen LogP contribution is 2.21. The molecule has 26 heavy (non-hydrogen) atoms. The van der Waals surface area contributed by atoms with Gasteiger partial charge in [-0.3, -0.25) is 4.79 Å². The van der Waals surface area contributed by atoms with E-state index < -0.39 is 0 Å². The molecule has 3 rings (SSSR count). The molecule has 0 aliphatic carbocycles. The monoisotopic (exact) mass is 378 g/mol. The Balaban J connectivity index is 1.54. The van der Waals surface area contributed by atoms with Gasteiger partial charge in [-0.05, 0) is 69.3 Å². The second kappa shape index (κ2) is 10.1. The van der Waals surface area contributed by atoms with Gasteiger partial charge in [0.05, 0.1) is 12.6 Å². The highest BCUT2D eigenvalue weighted by Gasteiger charge is 2.28. The second-order valence-electron chi connectivity index (χ2n) is 6.87. The summed E-state index contributed by atoms with van der Waals surface area (Å²) in [5, 5.41) is 0. The molecule has 2 heterocycles. The van der Waals surface area contributed by atoms with Gasteiger partial charge in [0.15, 0.2) is 6.61 Å². The van der Waals surface area contributed by atoms with E-state index in [1.54, 1.807) is 0 Å². The molecule has 1 unspecified atom stereocenters. The highest BCUT2D eigenvalue weighted by molar-refractivity contribution is 7.99. The van der Waals surface area contributed by atoms with Gasteiger partial charge in [-0.1, -0.05) is 0 Å². The molecule has 6 heteroatoms. The molecule has 2 aliphatic heterocycles. The Kier molecular flexibility index (Phi) is 7.50. The standard InChI is InChI=1S/C20H30N2O3S/c1-2-24-18-6-8-19(9-7-18)25-15-20(23)22-12-5-13-26-16-17(22)14-21-10-3-4-11-21/h6-9,17H,2-5,10-16H2,1H3. The minimum atomic E-state index is 0.102. The fraction of sp³-hybridized carbons (Fsp3) is 0.650. The maximum Gasteiger partial charge on any atom is 0.260 e. The smallest absolute Gasteiger partial charge is 0.260 e. The van der Waals surface area contributed by atoms with Crippen LogP contribution in [0.15, 0.2) is 24.3 Å². The first-order chi connectivity index (χ1) is 12.8. The maximum atomic E-state index is 12.8. The molecular formula is C20H30N2O3S. The van der Waals surface area contributed by atoms with Crippen molar-refractivity contribution < 1.29 is 14.3 Å². The molecule has 0 aromatic heterocycles. The van der Waals surface area contributed by atoms with Crippen molar-refractivity contribution in [2.75, 3.05) is 50.9 Å². The molecule has 1 atom stereocenters. The number of carbonyl (C=O) groups excluding carboxylic acids is 1. The number of benzene rings is 1. The molecule has 5 nitrogen and oxygen atoms in total. The zero-order valence-corrected chi connectivity index (χ0v) is 16.5. The van der Waals surface area contributed by atoms with Crippen molar-refractivity contribution in [1.29, 1.82) is 0 Å². The quantitative estimate of drug-likeness (QED) is 0.730. The summed E-state index contributed by atoms with van der Waals surface area (Å²) in [6.45, 7) is 6.90. The van der Waals surface area contributed by atoms with Crippen LogP contribution in [0.5, 0.6) is 11.5 Å². The summed E-state index contributed by atoms with van der Waals surface area (Å²) >= 11 is 1.97. The van der Waals surface area contributed by atoms with Crippen LogP contribution < -0.4 is 9.47 Å². The topological polar surface area (TPSA) is 42.0 Å².